The molecule has 1 amide bonds. The zero-order valence-electron chi connectivity index (χ0n) is 19.1. The molecule has 0 aliphatic rings. The number of benzene rings is 2. The Bertz CT molecular complexity index is 1280. The number of aromatic nitrogens is 3. The summed E-state index contributed by atoms with van der Waals surface area (Å²) in [4.78, 5) is 27.4. The third kappa shape index (κ3) is 5.27. The molecular formula is C27H26N6O. The number of anilines is 4. The molecular weight excluding hydrogens is 424 g/mol. The molecule has 4 aromatic rings. The van der Waals surface area contributed by atoms with Crippen LogP contribution >= 0.6 is 0 Å². The molecule has 0 saturated heterocycles. The molecule has 0 aliphatic heterocycles. The lowest BCUT2D eigenvalue weighted by atomic mass is 10.1. The number of pyridine rings is 1. The van der Waals surface area contributed by atoms with Crippen LogP contribution in [0.2, 0.25) is 0 Å². The van der Waals surface area contributed by atoms with E-state index in [0.717, 1.165) is 16.8 Å². The van der Waals surface area contributed by atoms with E-state index < -0.39 is 0 Å². The molecule has 0 bridgehead atoms. The average Bonchev–Trinajstić information content (AvgIpc) is 2.87. The van der Waals surface area contributed by atoms with Crippen LogP contribution in [0.5, 0.6) is 0 Å². The molecule has 2 heterocycles. The standard InChI is InChI=1S/C27H26N6O/c1-4-33(26-18-29-17-25(32-26)30-20(3)21-9-6-5-7-10-21)24-13-12-23(15-19(24)2)31-27(34)22-11-8-14-28-16-22/h4-18,20H,1H2,2-3H3,(H,30,32)(H,31,34). The van der Waals surface area contributed by atoms with Crippen molar-refractivity contribution in [3.63, 3.8) is 0 Å². The highest BCUT2D eigenvalue weighted by Crippen LogP contribution is 2.30. The second kappa shape index (κ2) is 10.4. The molecule has 7 heteroatoms. The van der Waals surface area contributed by atoms with Crippen molar-refractivity contribution in [1.29, 1.82) is 0 Å². The van der Waals surface area contributed by atoms with Crippen LogP contribution in [-0.4, -0.2) is 20.9 Å². The lowest BCUT2D eigenvalue weighted by molar-refractivity contribution is 0.102. The highest BCUT2D eigenvalue weighted by molar-refractivity contribution is 6.04. The summed E-state index contributed by atoms with van der Waals surface area (Å²) in [5.74, 6) is 1.09. The van der Waals surface area contributed by atoms with Crippen molar-refractivity contribution in [2.45, 2.75) is 19.9 Å². The van der Waals surface area contributed by atoms with Gasteiger partial charge in [0.15, 0.2) is 5.82 Å². The number of hydrogen-bond donors (Lipinski definition) is 2. The van der Waals surface area contributed by atoms with Gasteiger partial charge in [0.2, 0.25) is 0 Å². The average molecular weight is 451 g/mol. The fourth-order valence-corrected chi connectivity index (χ4v) is 3.61. The second-order valence-corrected chi connectivity index (χ2v) is 7.79. The van der Waals surface area contributed by atoms with Crippen LogP contribution in [0.25, 0.3) is 0 Å². The molecule has 4 rings (SSSR count). The Kier molecular flexibility index (Phi) is 6.93. The van der Waals surface area contributed by atoms with Crippen LogP contribution in [0, 0.1) is 6.92 Å². The third-order valence-corrected chi connectivity index (χ3v) is 5.35. The summed E-state index contributed by atoms with van der Waals surface area (Å²) in [6.07, 6.45) is 8.26. The van der Waals surface area contributed by atoms with E-state index in [9.17, 15) is 4.79 Å². The Hall–Kier alpha value is -4.52. The molecule has 0 fully saturated rings. The highest BCUT2D eigenvalue weighted by Gasteiger charge is 2.14. The number of aryl methyl sites for hydroxylation is 1. The van der Waals surface area contributed by atoms with Crippen molar-refractivity contribution < 1.29 is 4.79 Å². The van der Waals surface area contributed by atoms with Gasteiger partial charge in [0.05, 0.1) is 23.6 Å². The third-order valence-electron chi connectivity index (χ3n) is 5.35. The first kappa shape index (κ1) is 22.7. The molecule has 1 unspecified atom stereocenters. The second-order valence-electron chi connectivity index (χ2n) is 7.79. The van der Waals surface area contributed by atoms with Crippen LogP contribution in [0.4, 0.5) is 23.0 Å². The Morgan fingerprint density at radius 3 is 2.56 bits per heavy atom. The highest BCUT2D eigenvalue weighted by atomic mass is 16.1. The maximum Gasteiger partial charge on any atom is 0.257 e. The van der Waals surface area contributed by atoms with Gasteiger partial charge in [-0.15, -0.1) is 0 Å². The van der Waals surface area contributed by atoms with Crippen molar-refractivity contribution >= 4 is 28.9 Å². The summed E-state index contributed by atoms with van der Waals surface area (Å²) < 4.78 is 0. The summed E-state index contributed by atoms with van der Waals surface area (Å²) >= 11 is 0. The van der Waals surface area contributed by atoms with E-state index in [1.807, 2.05) is 48.2 Å². The van der Waals surface area contributed by atoms with Gasteiger partial charge in [-0.2, -0.15) is 0 Å². The first-order valence-corrected chi connectivity index (χ1v) is 10.9. The summed E-state index contributed by atoms with van der Waals surface area (Å²) in [6.45, 7) is 8.02. The van der Waals surface area contributed by atoms with Crippen molar-refractivity contribution in [2.75, 3.05) is 15.5 Å². The van der Waals surface area contributed by atoms with Crippen LogP contribution in [0.15, 0.2) is 98.2 Å². The number of amides is 1. The topological polar surface area (TPSA) is 83.0 Å². The van der Waals surface area contributed by atoms with Gasteiger partial charge >= 0.3 is 0 Å². The van der Waals surface area contributed by atoms with Crippen molar-refractivity contribution in [1.82, 2.24) is 15.0 Å². The Morgan fingerprint density at radius 2 is 1.85 bits per heavy atom. The van der Waals surface area contributed by atoms with Crippen molar-refractivity contribution in [2.24, 2.45) is 0 Å². The van der Waals surface area contributed by atoms with Crippen molar-refractivity contribution in [3.05, 3.63) is 115 Å². The number of hydrogen-bond acceptors (Lipinski definition) is 6. The van der Waals surface area contributed by atoms with Gasteiger partial charge in [-0.25, -0.2) is 4.98 Å². The summed E-state index contributed by atoms with van der Waals surface area (Å²) in [6, 6.07) is 19.4. The van der Waals surface area contributed by atoms with Crippen LogP contribution in [-0.2, 0) is 0 Å². The number of nitrogens with one attached hydrogen (secondary N) is 2. The van der Waals surface area contributed by atoms with Gasteiger partial charge in [0, 0.05) is 30.3 Å². The first-order valence-electron chi connectivity index (χ1n) is 10.9. The minimum Gasteiger partial charge on any atom is -0.362 e. The number of carbonyl (C=O) groups is 1. The van der Waals surface area contributed by atoms with Gasteiger partial charge in [-0.1, -0.05) is 36.9 Å². The minimum absolute atomic E-state index is 0.0763. The van der Waals surface area contributed by atoms with E-state index in [1.165, 1.54) is 6.20 Å². The molecule has 2 aromatic carbocycles. The molecule has 2 aromatic heterocycles. The molecule has 0 saturated carbocycles. The smallest absolute Gasteiger partial charge is 0.257 e. The van der Waals surface area contributed by atoms with Crippen molar-refractivity contribution in [3.8, 4) is 0 Å². The van der Waals surface area contributed by atoms with E-state index in [0.29, 0.717) is 22.9 Å². The Labute approximate surface area is 199 Å². The van der Waals surface area contributed by atoms with Crippen LogP contribution in [0.3, 0.4) is 0 Å². The van der Waals surface area contributed by atoms with E-state index in [1.54, 1.807) is 36.9 Å². The van der Waals surface area contributed by atoms with E-state index in [4.69, 9.17) is 4.98 Å². The predicted molar refractivity (Wildman–Crippen MR) is 136 cm³/mol. The molecule has 1 atom stereocenters. The lowest BCUT2D eigenvalue weighted by Gasteiger charge is -2.23. The normalized spacial score (nSPS) is 11.4. The maximum atomic E-state index is 12.4. The molecule has 2 N–H and O–H groups in total. The Morgan fingerprint density at radius 1 is 1.03 bits per heavy atom. The fourth-order valence-electron chi connectivity index (χ4n) is 3.61. The zero-order chi connectivity index (χ0) is 23.9. The minimum atomic E-state index is -0.210. The predicted octanol–water partition coefficient (Wildman–Crippen LogP) is 5.89. The SMILES string of the molecule is C=CN(c1cncc(NC(C)c2ccccc2)n1)c1ccc(NC(=O)c2cccnc2)cc1C. The molecule has 7 nitrogen and oxygen atoms in total. The summed E-state index contributed by atoms with van der Waals surface area (Å²) in [5.41, 5.74) is 4.19. The van der Waals surface area contributed by atoms with Crippen LogP contribution in [0.1, 0.15) is 34.5 Å². The summed E-state index contributed by atoms with van der Waals surface area (Å²) in [5, 5.41) is 6.31. The zero-order valence-corrected chi connectivity index (χ0v) is 19.1. The number of rotatable bonds is 8. The quantitative estimate of drug-likeness (QED) is 0.348. The van der Waals surface area contributed by atoms with E-state index >= 15 is 0 Å². The monoisotopic (exact) mass is 450 g/mol. The molecule has 170 valence electrons. The summed E-state index contributed by atoms with van der Waals surface area (Å²) in [7, 11) is 0. The molecule has 0 radical (unpaired) electrons. The molecule has 0 spiro atoms. The molecule has 0 aliphatic carbocycles. The van der Waals surface area contributed by atoms with Gasteiger partial charge in [-0.3, -0.25) is 14.8 Å². The lowest BCUT2D eigenvalue weighted by Crippen LogP contribution is -2.15. The molecule has 34 heavy (non-hydrogen) atoms. The van der Waals surface area contributed by atoms with Crippen LogP contribution < -0.4 is 15.5 Å². The van der Waals surface area contributed by atoms with Gasteiger partial charge in [-0.05, 0) is 55.3 Å². The van der Waals surface area contributed by atoms with Gasteiger partial charge in [0.1, 0.15) is 5.82 Å². The Balaban J connectivity index is 1.52. The maximum absolute atomic E-state index is 12.4. The fraction of sp³-hybridized carbons (Fsp3) is 0.111. The van der Waals surface area contributed by atoms with Gasteiger partial charge < -0.3 is 15.5 Å². The van der Waals surface area contributed by atoms with E-state index in [2.05, 4.69) is 46.2 Å². The first-order chi connectivity index (χ1) is 16.5. The largest absolute Gasteiger partial charge is 0.362 e. The van der Waals surface area contributed by atoms with E-state index in [-0.39, 0.29) is 11.9 Å². The van der Waals surface area contributed by atoms with Gasteiger partial charge in [0.25, 0.3) is 5.91 Å². The number of carbonyl (C=O) groups excluding carboxylic acids is 1. The number of nitrogens with zero attached hydrogens (tertiary/aromatic N) is 4.